The van der Waals surface area contributed by atoms with Crippen molar-refractivity contribution < 1.29 is 14.3 Å². The normalized spacial score (nSPS) is 10.5. The van der Waals surface area contributed by atoms with E-state index in [4.69, 9.17) is 9.47 Å². The van der Waals surface area contributed by atoms with E-state index < -0.39 is 0 Å². The van der Waals surface area contributed by atoms with Crippen molar-refractivity contribution in [3.05, 3.63) is 23.8 Å². The average molecular weight is 250 g/mol. The van der Waals surface area contributed by atoms with Crippen LogP contribution in [0.4, 0.5) is 0 Å². The van der Waals surface area contributed by atoms with Crippen LogP contribution < -0.4 is 9.47 Å². The second-order valence-electron chi connectivity index (χ2n) is 4.67. The lowest BCUT2D eigenvalue weighted by atomic mass is 10.1. The summed E-state index contributed by atoms with van der Waals surface area (Å²) >= 11 is 0. The molecule has 0 N–H and O–H groups in total. The number of hydrogen-bond acceptors (Lipinski definition) is 3. The zero-order chi connectivity index (χ0) is 13.5. The van der Waals surface area contributed by atoms with Crippen LogP contribution in [0.2, 0.25) is 0 Å². The molecule has 3 heteroatoms. The van der Waals surface area contributed by atoms with Crippen molar-refractivity contribution in [2.24, 2.45) is 5.92 Å². The quantitative estimate of drug-likeness (QED) is 0.692. The van der Waals surface area contributed by atoms with E-state index in [-0.39, 0.29) is 5.78 Å². The summed E-state index contributed by atoms with van der Waals surface area (Å²) < 4.78 is 10.9. The molecule has 1 aromatic rings. The summed E-state index contributed by atoms with van der Waals surface area (Å²) in [5.74, 6) is 2.03. The predicted octanol–water partition coefficient (Wildman–Crippen LogP) is 3.71. The van der Waals surface area contributed by atoms with Crippen molar-refractivity contribution in [3.8, 4) is 11.5 Å². The van der Waals surface area contributed by atoms with E-state index in [2.05, 4.69) is 13.8 Å². The minimum Gasteiger partial charge on any atom is -0.493 e. The lowest BCUT2D eigenvalue weighted by molar-refractivity contribution is 0.0987. The molecule has 1 rings (SSSR count). The van der Waals surface area contributed by atoms with E-state index in [1.807, 2.05) is 6.92 Å². The molecule has 0 heterocycles. The largest absolute Gasteiger partial charge is 0.493 e. The first kappa shape index (κ1) is 14.6. The van der Waals surface area contributed by atoms with Crippen molar-refractivity contribution in [2.75, 3.05) is 13.7 Å². The van der Waals surface area contributed by atoms with Gasteiger partial charge in [-0.15, -0.1) is 0 Å². The Morgan fingerprint density at radius 2 is 2.00 bits per heavy atom. The molecule has 18 heavy (non-hydrogen) atoms. The number of carbonyl (C=O) groups is 1. The zero-order valence-corrected chi connectivity index (χ0v) is 11.7. The van der Waals surface area contributed by atoms with Crippen LogP contribution in [0.1, 0.15) is 44.0 Å². The fourth-order valence-electron chi connectivity index (χ4n) is 1.57. The fraction of sp³-hybridized carbons (Fsp3) is 0.533. The molecule has 0 aromatic heterocycles. The maximum absolute atomic E-state index is 11.7. The van der Waals surface area contributed by atoms with Crippen LogP contribution in [0, 0.1) is 5.92 Å². The van der Waals surface area contributed by atoms with Crippen LogP contribution in [0.25, 0.3) is 0 Å². The van der Waals surface area contributed by atoms with E-state index >= 15 is 0 Å². The lowest BCUT2D eigenvalue weighted by Crippen LogP contribution is -2.04. The lowest BCUT2D eigenvalue weighted by Gasteiger charge is -2.12. The summed E-state index contributed by atoms with van der Waals surface area (Å²) in [7, 11) is 1.60. The molecule has 0 radical (unpaired) electrons. The maximum Gasteiger partial charge on any atom is 0.162 e. The summed E-state index contributed by atoms with van der Waals surface area (Å²) in [6.45, 7) is 6.79. The molecule has 0 spiro atoms. The van der Waals surface area contributed by atoms with Crippen LogP contribution >= 0.6 is 0 Å². The Hall–Kier alpha value is -1.51. The van der Waals surface area contributed by atoms with E-state index in [1.54, 1.807) is 25.3 Å². The number of ether oxygens (including phenoxy) is 2. The molecule has 0 unspecified atom stereocenters. The molecular weight excluding hydrogens is 228 g/mol. The van der Waals surface area contributed by atoms with Gasteiger partial charge in [-0.3, -0.25) is 4.79 Å². The van der Waals surface area contributed by atoms with Gasteiger partial charge in [0.05, 0.1) is 13.7 Å². The molecule has 0 aliphatic rings. The topological polar surface area (TPSA) is 35.5 Å². The third-order valence-electron chi connectivity index (χ3n) is 2.76. The third kappa shape index (κ3) is 4.06. The molecule has 0 aliphatic heterocycles. The van der Waals surface area contributed by atoms with Crippen molar-refractivity contribution >= 4 is 5.78 Å². The molecule has 0 bridgehead atoms. The molecule has 0 saturated heterocycles. The Morgan fingerprint density at radius 3 is 2.56 bits per heavy atom. The van der Waals surface area contributed by atoms with Gasteiger partial charge in [-0.05, 0) is 30.5 Å². The Morgan fingerprint density at radius 1 is 1.28 bits per heavy atom. The van der Waals surface area contributed by atoms with Gasteiger partial charge in [0.1, 0.15) is 0 Å². The molecule has 3 nitrogen and oxygen atoms in total. The van der Waals surface area contributed by atoms with Gasteiger partial charge in [0.15, 0.2) is 17.3 Å². The van der Waals surface area contributed by atoms with Crippen molar-refractivity contribution in [1.29, 1.82) is 0 Å². The van der Waals surface area contributed by atoms with Crippen molar-refractivity contribution in [2.45, 2.75) is 33.6 Å². The number of rotatable bonds is 7. The monoisotopic (exact) mass is 250 g/mol. The number of ketones is 1. The molecular formula is C15H22O3. The van der Waals surface area contributed by atoms with Gasteiger partial charge < -0.3 is 9.47 Å². The third-order valence-corrected chi connectivity index (χ3v) is 2.76. The first-order valence-corrected chi connectivity index (χ1v) is 6.42. The second-order valence-corrected chi connectivity index (χ2v) is 4.67. The zero-order valence-electron chi connectivity index (χ0n) is 11.7. The Kier molecular flexibility index (Phi) is 5.69. The van der Waals surface area contributed by atoms with Gasteiger partial charge in [0.2, 0.25) is 0 Å². The number of benzene rings is 1. The summed E-state index contributed by atoms with van der Waals surface area (Å²) in [6, 6.07) is 5.33. The summed E-state index contributed by atoms with van der Waals surface area (Å²) in [6.07, 6.45) is 1.48. The highest BCUT2D eigenvalue weighted by Gasteiger charge is 2.10. The summed E-state index contributed by atoms with van der Waals surface area (Å²) in [5.41, 5.74) is 0.679. The summed E-state index contributed by atoms with van der Waals surface area (Å²) in [5, 5.41) is 0. The van der Waals surface area contributed by atoms with Gasteiger partial charge in [-0.2, -0.15) is 0 Å². The smallest absolute Gasteiger partial charge is 0.162 e. The standard InChI is InChI=1S/C15H22O3/c1-5-13(16)12-6-7-14(17-4)15(10-12)18-9-8-11(2)3/h6-7,10-11H,5,8-9H2,1-4H3. The van der Waals surface area contributed by atoms with E-state index in [0.29, 0.717) is 36.0 Å². The highest BCUT2D eigenvalue weighted by molar-refractivity contribution is 5.96. The van der Waals surface area contributed by atoms with Gasteiger partial charge >= 0.3 is 0 Å². The first-order valence-electron chi connectivity index (χ1n) is 6.42. The fourth-order valence-corrected chi connectivity index (χ4v) is 1.57. The molecule has 0 aliphatic carbocycles. The Balaban J connectivity index is 2.82. The minimum absolute atomic E-state index is 0.117. The van der Waals surface area contributed by atoms with E-state index in [1.165, 1.54) is 0 Å². The molecule has 0 atom stereocenters. The minimum atomic E-state index is 0.117. The maximum atomic E-state index is 11.7. The number of methoxy groups -OCH3 is 1. The highest BCUT2D eigenvalue weighted by Crippen LogP contribution is 2.28. The SMILES string of the molecule is CCC(=O)c1ccc(OC)c(OCCC(C)C)c1. The van der Waals surface area contributed by atoms with Gasteiger partial charge in [0.25, 0.3) is 0 Å². The molecule has 0 fully saturated rings. The number of carbonyl (C=O) groups excluding carboxylic acids is 1. The van der Waals surface area contributed by atoms with Crippen LogP contribution in [0.3, 0.4) is 0 Å². The van der Waals surface area contributed by atoms with E-state index in [0.717, 1.165) is 6.42 Å². The average Bonchev–Trinajstić information content (AvgIpc) is 2.37. The van der Waals surface area contributed by atoms with Gasteiger partial charge in [-0.1, -0.05) is 20.8 Å². The molecule has 0 saturated carbocycles. The van der Waals surface area contributed by atoms with Crippen LogP contribution in [0.5, 0.6) is 11.5 Å². The van der Waals surface area contributed by atoms with Crippen LogP contribution in [-0.2, 0) is 0 Å². The second kappa shape index (κ2) is 7.04. The van der Waals surface area contributed by atoms with Crippen molar-refractivity contribution in [1.82, 2.24) is 0 Å². The molecule has 0 amide bonds. The molecule has 1 aromatic carbocycles. The highest BCUT2D eigenvalue weighted by atomic mass is 16.5. The van der Waals surface area contributed by atoms with Gasteiger partial charge in [0, 0.05) is 12.0 Å². The van der Waals surface area contributed by atoms with Crippen molar-refractivity contribution in [3.63, 3.8) is 0 Å². The predicted molar refractivity (Wildman–Crippen MR) is 72.6 cm³/mol. The van der Waals surface area contributed by atoms with E-state index in [9.17, 15) is 4.79 Å². The summed E-state index contributed by atoms with van der Waals surface area (Å²) in [4.78, 5) is 11.7. The number of hydrogen-bond donors (Lipinski definition) is 0. The van der Waals surface area contributed by atoms with Crippen LogP contribution in [-0.4, -0.2) is 19.5 Å². The van der Waals surface area contributed by atoms with Gasteiger partial charge in [-0.25, -0.2) is 0 Å². The molecule has 100 valence electrons. The Labute approximate surface area is 109 Å². The number of Topliss-reactive ketones (excluding diaryl/α,β-unsaturated/α-hetero) is 1. The van der Waals surface area contributed by atoms with Crippen LogP contribution in [0.15, 0.2) is 18.2 Å². The Bertz CT molecular complexity index is 397. The first-order chi connectivity index (χ1) is 8.58.